The van der Waals surface area contributed by atoms with Gasteiger partial charge in [-0.3, -0.25) is 9.69 Å². The molecule has 0 aliphatic carbocycles. The summed E-state index contributed by atoms with van der Waals surface area (Å²) in [4.78, 5) is 16.7. The normalized spacial score (nSPS) is 27.3. The summed E-state index contributed by atoms with van der Waals surface area (Å²) < 4.78 is 5.41. The molecule has 19 heavy (non-hydrogen) atoms. The van der Waals surface area contributed by atoms with Gasteiger partial charge in [0, 0.05) is 59.0 Å². The van der Waals surface area contributed by atoms with Gasteiger partial charge in [-0.15, -0.1) is 0 Å². The van der Waals surface area contributed by atoms with Gasteiger partial charge in [0.25, 0.3) is 0 Å². The Labute approximate surface area is 115 Å². The van der Waals surface area contributed by atoms with Crippen molar-refractivity contribution in [2.24, 2.45) is 11.8 Å². The molecule has 5 heteroatoms. The summed E-state index contributed by atoms with van der Waals surface area (Å²) in [5.74, 6) is 1.42. The summed E-state index contributed by atoms with van der Waals surface area (Å²) in [5.41, 5.74) is 0. The fourth-order valence-corrected chi connectivity index (χ4v) is 3.17. The maximum absolute atomic E-state index is 12.1. The third-order valence-corrected chi connectivity index (χ3v) is 4.67. The lowest BCUT2D eigenvalue weighted by Gasteiger charge is -2.39. The standard InChI is InChI=1S/C14H25N3O2/c18-14(13-9-15-10-13)17-5-3-16(4-6-17)11-12-1-7-19-8-2-12/h12-13,15H,1-11H2. The molecule has 3 aliphatic rings. The highest BCUT2D eigenvalue weighted by molar-refractivity contribution is 5.80. The van der Waals surface area contributed by atoms with Crippen LogP contribution in [0.4, 0.5) is 0 Å². The largest absolute Gasteiger partial charge is 0.381 e. The highest BCUT2D eigenvalue weighted by Gasteiger charge is 2.31. The Kier molecular flexibility index (Phi) is 4.35. The van der Waals surface area contributed by atoms with E-state index >= 15 is 0 Å². The molecular formula is C14H25N3O2. The smallest absolute Gasteiger partial charge is 0.228 e. The van der Waals surface area contributed by atoms with Gasteiger partial charge < -0.3 is 15.0 Å². The van der Waals surface area contributed by atoms with E-state index in [0.29, 0.717) is 5.91 Å². The SMILES string of the molecule is O=C(C1CNC1)N1CCN(CC2CCOCC2)CC1. The number of rotatable bonds is 3. The van der Waals surface area contributed by atoms with Crippen LogP contribution in [0.25, 0.3) is 0 Å². The van der Waals surface area contributed by atoms with E-state index in [1.807, 2.05) is 0 Å². The van der Waals surface area contributed by atoms with Crippen LogP contribution >= 0.6 is 0 Å². The average molecular weight is 267 g/mol. The van der Waals surface area contributed by atoms with Crippen LogP contribution in [0.15, 0.2) is 0 Å². The van der Waals surface area contributed by atoms with Gasteiger partial charge in [-0.05, 0) is 18.8 Å². The number of piperazine rings is 1. The molecule has 0 spiro atoms. The summed E-state index contributed by atoms with van der Waals surface area (Å²) in [7, 11) is 0. The number of carbonyl (C=O) groups excluding carboxylic acids is 1. The second-order valence-corrected chi connectivity index (χ2v) is 6.04. The first kappa shape index (κ1) is 13.3. The average Bonchev–Trinajstić information content (AvgIpc) is 2.39. The van der Waals surface area contributed by atoms with E-state index in [9.17, 15) is 4.79 Å². The third-order valence-electron chi connectivity index (χ3n) is 4.67. The van der Waals surface area contributed by atoms with Crippen molar-refractivity contribution in [3.8, 4) is 0 Å². The van der Waals surface area contributed by atoms with Gasteiger partial charge in [0.1, 0.15) is 0 Å². The molecule has 1 N–H and O–H groups in total. The zero-order valence-electron chi connectivity index (χ0n) is 11.6. The van der Waals surface area contributed by atoms with Crippen LogP contribution in [0.3, 0.4) is 0 Å². The highest BCUT2D eigenvalue weighted by Crippen LogP contribution is 2.18. The minimum Gasteiger partial charge on any atom is -0.381 e. The Morgan fingerprint density at radius 3 is 2.37 bits per heavy atom. The Balaban J connectivity index is 1.40. The van der Waals surface area contributed by atoms with Gasteiger partial charge in [0.2, 0.25) is 5.91 Å². The summed E-state index contributed by atoms with van der Waals surface area (Å²) in [5, 5.41) is 3.17. The van der Waals surface area contributed by atoms with Crippen molar-refractivity contribution in [3.63, 3.8) is 0 Å². The maximum Gasteiger partial charge on any atom is 0.228 e. The molecule has 3 fully saturated rings. The van der Waals surface area contributed by atoms with Crippen LogP contribution < -0.4 is 5.32 Å². The van der Waals surface area contributed by atoms with Crippen LogP contribution in [0.5, 0.6) is 0 Å². The van der Waals surface area contributed by atoms with Crippen LogP contribution in [0.1, 0.15) is 12.8 Å². The molecule has 0 unspecified atom stereocenters. The van der Waals surface area contributed by atoms with E-state index in [4.69, 9.17) is 4.74 Å². The second kappa shape index (κ2) is 6.20. The van der Waals surface area contributed by atoms with E-state index in [1.54, 1.807) is 0 Å². The molecule has 3 rings (SSSR count). The molecule has 0 atom stereocenters. The van der Waals surface area contributed by atoms with E-state index in [0.717, 1.165) is 58.4 Å². The van der Waals surface area contributed by atoms with E-state index in [-0.39, 0.29) is 5.92 Å². The van der Waals surface area contributed by atoms with Crippen molar-refractivity contribution in [1.82, 2.24) is 15.1 Å². The second-order valence-electron chi connectivity index (χ2n) is 6.04. The lowest BCUT2D eigenvalue weighted by atomic mass is 9.99. The van der Waals surface area contributed by atoms with Gasteiger partial charge in [0.15, 0.2) is 0 Å². The first-order chi connectivity index (χ1) is 9.33. The molecule has 0 radical (unpaired) electrons. The number of amides is 1. The van der Waals surface area contributed by atoms with Crippen molar-refractivity contribution >= 4 is 5.91 Å². The van der Waals surface area contributed by atoms with Crippen LogP contribution in [-0.2, 0) is 9.53 Å². The number of nitrogens with zero attached hydrogens (tertiary/aromatic N) is 2. The molecule has 0 aromatic carbocycles. The zero-order valence-corrected chi connectivity index (χ0v) is 11.6. The predicted molar refractivity (Wildman–Crippen MR) is 72.9 cm³/mol. The van der Waals surface area contributed by atoms with E-state index in [1.165, 1.54) is 19.4 Å². The maximum atomic E-state index is 12.1. The Hall–Kier alpha value is -0.650. The van der Waals surface area contributed by atoms with Crippen molar-refractivity contribution in [3.05, 3.63) is 0 Å². The van der Waals surface area contributed by atoms with E-state index in [2.05, 4.69) is 15.1 Å². The van der Waals surface area contributed by atoms with Crippen molar-refractivity contribution in [1.29, 1.82) is 0 Å². The number of hydrogen-bond donors (Lipinski definition) is 1. The molecule has 0 saturated carbocycles. The number of nitrogens with one attached hydrogen (secondary N) is 1. The monoisotopic (exact) mass is 267 g/mol. The summed E-state index contributed by atoms with van der Waals surface area (Å²) in [6.07, 6.45) is 2.40. The number of hydrogen-bond acceptors (Lipinski definition) is 4. The molecule has 0 aromatic rings. The fourth-order valence-electron chi connectivity index (χ4n) is 3.17. The molecule has 5 nitrogen and oxygen atoms in total. The summed E-state index contributed by atoms with van der Waals surface area (Å²) in [6, 6.07) is 0. The summed E-state index contributed by atoms with van der Waals surface area (Å²) in [6.45, 7) is 8.72. The molecule has 3 heterocycles. The first-order valence-corrected chi connectivity index (χ1v) is 7.62. The topological polar surface area (TPSA) is 44.8 Å². The van der Waals surface area contributed by atoms with Gasteiger partial charge in [-0.2, -0.15) is 0 Å². The molecule has 108 valence electrons. The van der Waals surface area contributed by atoms with Crippen molar-refractivity contribution < 1.29 is 9.53 Å². The highest BCUT2D eigenvalue weighted by atomic mass is 16.5. The van der Waals surface area contributed by atoms with Gasteiger partial charge in [-0.25, -0.2) is 0 Å². The van der Waals surface area contributed by atoms with Crippen LogP contribution in [-0.4, -0.2) is 74.7 Å². The molecule has 1 amide bonds. The molecule has 0 bridgehead atoms. The van der Waals surface area contributed by atoms with Gasteiger partial charge in [-0.1, -0.05) is 0 Å². The van der Waals surface area contributed by atoms with Crippen molar-refractivity contribution in [2.45, 2.75) is 12.8 Å². The van der Waals surface area contributed by atoms with Gasteiger partial charge in [0.05, 0.1) is 5.92 Å². The lowest BCUT2D eigenvalue weighted by Crippen LogP contribution is -2.56. The third kappa shape index (κ3) is 3.27. The number of carbonyl (C=O) groups is 1. The van der Waals surface area contributed by atoms with Crippen molar-refractivity contribution in [2.75, 3.05) is 59.0 Å². The molecule has 3 saturated heterocycles. The van der Waals surface area contributed by atoms with Crippen LogP contribution in [0.2, 0.25) is 0 Å². The Morgan fingerprint density at radius 1 is 1.11 bits per heavy atom. The Morgan fingerprint density at radius 2 is 1.79 bits per heavy atom. The minimum atomic E-state index is 0.252. The molecule has 0 aromatic heterocycles. The molecule has 3 aliphatic heterocycles. The number of ether oxygens (including phenoxy) is 1. The quantitative estimate of drug-likeness (QED) is 0.768. The first-order valence-electron chi connectivity index (χ1n) is 7.62. The fraction of sp³-hybridized carbons (Fsp3) is 0.929. The van der Waals surface area contributed by atoms with Crippen LogP contribution in [0, 0.1) is 11.8 Å². The predicted octanol–water partition coefficient (Wildman–Crippen LogP) is -0.223. The molecular weight excluding hydrogens is 242 g/mol. The van der Waals surface area contributed by atoms with Gasteiger partial charge >= 0.3 is 0 Å². The zero-order chi connectivity index (χ0) is 13.1. The Bertz CT molecular complexity index is 306. The minimum absolute atomic E-state index is 0.252. The summed E-state index contributed by atoms with van der Waals surface area (Å²) >= 11 is 0. The van der Waals surface area contributed by atoms with E-state index < -0.39 is 0 Å². The lowest BCUT2D eigenvalue weighted by molar-refractivity contribution is -0.139.